The summed E-state index contributed by atoms with van der Waals surface area (Å²) in [5, 5.41) is 2.94. The van der Waals surface area contributed by atoms with E-state index in [0.29, 0.717) is 12.1 Å². The van der Waals surface area contributed by atoms with Gasteiger partial charge in [-0.15, -0.1) is 0 Å². The number of Topliss-reactive ketones (excluding diaryl/α,β-unsaturated/α-hetero) is 1. The van der Waals surface area contributed by atoms with Crippen LogP contribution in [-0.2, 0) is 17.9 Å². The van der Waals surface area contributed by atoms with Gasteiger partial charge in [0.2, 0.25) is 5.91 Å². The number of nitrogens with zero attached hydrogens (tertiary/aromatic N) is 1. The smallest absolute Gasteiger partial charge is 0.240 e. The highest BCUT2D eigenvalue weighted by Crippen LogP contribution is 2.26. The number of rotatable bonds is 7. The minimum absolute atomic E-state index is 0.00734. The summed E-state index contributed by atoms with van der Waals surface area (Å²) in [7, 11) is 1.62. The van der Waals surface area contributed by atoms with Crippen molar-refractivity contribution >= 4 is 11.7 Å². The normalized spacial score (nSPS) is 10.5. The van der Waals surface area contributed by atoms with Gasteiger partial charge in [-0.25, -0.2) is 0 Å². The second-order valence-electron chi connectivity index (χ2n) is 6.66. The molecule has 3 aromatic rings. The van der Waals surface area contributed by atoms with Crippen LogP contribution in [0.3, 0.4) is 0 Å². The highest BCUT2D eigenvalue weighted by molar-refractivity contribution is 5.97. The van der Waals surface area contributed by atoms with E-state index in [2.05, 4.69) is 5.32 Å². The van der Waals surface area contributed by atoms with Crippen molar-refractivity contribution in [3.8, 4) is 17.0 Å². The van der Waals surface area contributed by atoms with Crippen LogP contribution in [-0.4, -0.2) is 23.4 Å². The van der Waals surface area contributed by atoms with Crippen LogP contribution in [0.15, 0.2) is 60.7 Å². The van der Waals surface area contributed by atoms with E-state index in [9.17, 15) is 9.59 Å². The van der Waals surface area contributed by atoms with E-state index in [-0.39, 0.29) is 18.2 Å². The second kappa shape index (κ2) is 8.57. The molecule has 1 amide bonds. The largest absolute Gasteiger partial charge is 0.497 e. The van der Waals surface area contributed by atoms with Gasteiger partial charge in [-0.3, -0.25) is 9.59 Å². The molecule has 1 N–H and O–H groups in total. The second-order valence-corrected chi connectivity index (χ2v) is 6.66. The van der Waals surface area contributed by atoms with Gasteiger partial charge in [0.05, 0.1) is 7.11 Å². The van der Waals surface area contributed by atoms with E-state index < -0.39 is 0 Å². The fraction of sp³-hybridized carbons (Fsp3) is 0.217. The van der Waals surface area contributed by atoms with E-state index in [4.69, 9.17) is 4.74 Å². The van der Waals surface area contributed by atoms with Crippen molar-refractivity contribution in [1.29, 1.82) is 0 Å². The van der Waals surface area contributed by atoms with Gasteiger partial charge in [-0.1, -0.05) is 42.5 Å². The van der Waals surface area contributed by atoms with Gasteiger partial charge in [0.25, 0.3) is 0 Å². The molecule has 1 heterocycles. The van der Waals surface area contributed by atoms with Crippen molar-refractivity contribution in [2.75, 3.05) is 7.11 Å². The third kappa shape index (κ3) is 4.31. The highest BCUT2D eigenvalue weighted by atomic mass is 16.5. The molecule has 3 rings (SSSR count). The number of hydrogen-bond donors (Lipinski definition) is 1. The number of hydrogen-bond acceptors (Lipinski definition) is 3. The number of carbonyl (C=O) groups is 2. The molecule has 0 fully saturated rings. The van der Waals surface area contributed by atoms with Crippen molar-refractivity contribution in [2.24, 2.45) is 0 Å². The molecular weight excluding hydrogens is 352 g/mol. The number of benzene rings is 2. The Labute approximate surface area is 165 Å². The van der Waals surface area contributed by atoms with Crippen molar-refractivity contribution < 1.29 is 14.3 Å². The summed E-state index contributed by atoms with van der Waals surface area (Å²) in [4.78, 5) is 24.6. The van der Waals surface area contributed by atoms with Crippen molar-refractivity contribution in [3.05, 3.63) is 77.5 Å². The van der Waals surface area contributed by atoms with Crippen LogP contribution in [0.2, 0.25) is 0 Å². The van der Waals surface area contributed by atoms with Crippen molar-refractivity contribution in [2.45, 2.75) is 26.9 Å². The Morgan fingerprint density at radius 3 is 2.32 bits per heavy atom. The molecule has 144 valence electrons. The molecule has 0 atom stereocenters. The Hall–Kier alpha value is -3.34. The number of nitrogens with one attached hydrogen (secondary N) is 1. The van der Waals surface area contributed by atoms with Crippen molar-refractivity contribution in [1.82, 2.24) is 9.88 Å². The first-order chi connectivity index (χ1) is 13.5. The zero-order valence-corrected chi connectivity index (χ0v) is 16.4. The standard InChI is InChI=1S/C23H24N2O3/c1-16-21(17(2)26)13-22(19-7-5-4-6-8-19)25(16)15-23(27)24-14-18-9-11-20(28-3)12-10-18/h4-13H,14-15H2,1-3H3,(H,24,27). The molecule has 28 heavy (non-hydrogen) atoms. The van der Waals surface area contributed by atoms with Crippen LogP contribution in [0, 0.1) is 6.92 Å². The van der Waals surface area contributed by atoms with Crippen LogP contribution >= 0.6 is 0 Å². The molecule has 2 aromatic carbocycles. The summed E-state index contributed by atoms with van der Waals surface area (Å²) in [5.41, 5.74) is 4.27. The van der Waals surface area contributed by atoms with E-state index in [1.165, 1.54) is 0 Å². The van der Waals surface area contributed by atoms with Gasteiger partial charge in [-0.05, 0) is 43.2 Å². The molecule has 0 saturated heterocycles. The number of amides is 1. The number of methoxy groups -OCH3 is 1. The predicted octanol–water partition coefficient (Wildman–Crippen LogP) is 3.99. The lowest BCUT2D eigenvalue weighted by molar-refractivity contribution is -0.121. The summed E-state index contributed by atoms with van der Waals surface area (Å²) in [6, 6.07) is 19.2. The maximum absolute atomic E-state index is 12.6. The fourth-order valence-corrected chi connectivity index (χ4v) is 3.20. The molecule has 0 radical (unpaired) electrons. The van der Waals surface area contributed by atoms with Gasteiger partial charge < -0.3 is 14.6 Å². The lowest BCUT2D eigenvalue weighted by Crippen LogP contribution is -2.27. The molecule has 5 heteroatoms. The molecule has 0 saturated carbocycles. The molecular formula is C23H24N2O3. The fourth-order valence-electron chi connectivity index (χ4n) is 3.20. The molecule has 0 aliphatic carbocycles. The third-order valence-corrected chi connectivity index (χ3v) is 4.77. The van der Waals surface area contributed by atoms with Gasteiger partial charge in [-0.2, -0.15) is 0 Å². The maximum Gasteiger partial charge on any atom is 0.240 e. The summed E-state index contributed by atoms with van der Waals surface area (Å²) in [6.45, 7) is 4.01. The summed E-state index contributed by atoms with van der Waals surface area (Å²) >= 11 is 0. The summed E-state index contributed by atoms with van der Waals surface area (Å²) in [6.07, 6.45) is 0. The SMILES string of the molecule is COc1ccc(CNC(=O)Cn2c(-c3ccccc3)cc(C(C)=O)c2C)cc1. The Morgan fingerprint density at radius 1 is 1.04 bits per heavy atom. The van der Waals surface area contributed by atoms with Crippen LogP contribution in [0.5, 0.6) is 5.75 Å². The monoisotopic (exact) mass is 376 g/mol. The molecule has 0 aliphatic heterocycles. The average Bonchev–Trinajstić information content (AvgIpc) is 3.04. The minimum Gasteiger partial charge on any atom is -0.497 e. The Kier molecular flexibility index (Phi) is 5.94. The van der Waals surface area contributed by atoms with Crippen LogP contribution in [0.25, 0.3) is 11.3 Å². The van der Waals surface area contributed by atoms with E-state index in [0.717, 1.165) is 28.3 Å². The Balaban J connectivity index is 1.78. The van der Waals surface area contributed by atoms with Gasteiger partial charge in [0.15, 0.2) is 5.78 Å². The molecule has 1 aromatic heterocycles. The average molecular weight is 376 g/mol. The van der Waals surface area contributed by atoms with E-state index >= 15 is 0 Å². The van der Waals surface area contributed by atoms with Gasteiger partial charge >= 0.3 is 0 Å². The zero-order chi connectivity index (χ0) is 20.1. The first-order valence-electron chi connectivity index (χ1n) is 9.15. The molecule has 0 bridgehead atoms. The Morgan fingerprint density at radius 2 is 1.71 bits per heavy atom. The third-order valence-electron chi connectivity index (χ3n) is 4.77. The first-order valence-corrected chi connectivity index (χ1v) is 9.15. The predicted molar refractivity (Wildman–Crippen MR) is 109 cm³/mol. The number of ketones is 1. The topological polar surface area (TPSA) is 60.3 Å². The van der Waals surface area contributed by atoms with Gasteiger partial charge in [0, 0.05) is 23.5 Å². The van der Waals surface area contributed by atoms with Crippen LogP contribution in [0.1, 0.15) is 28.5 Å². The Bertz CT molecular complexity index is 973. The van der Waals surface area contributed by atoms with Gasteiger partial charge in [0.1, 0.15) is 12.3 Å². The number of carbonyl (C=O) groups excluding carboxylic acids is 2. The summed E-state index contributed by atoms with van der Waals surface area (Å²) in [5.74, 6) is 0.663. The summed E-state index contributed by atoms with van der Waals surface area (Å²) < 4.78 is 7.04. The quantitative estimate of drug-likeness (QED) is 0.634. The lowest BCUT2D eigenvalue weighted by Gasteiger charge is -2.13. The maximum atomic E-state index is 12.6. The van der Waals surface area contributed by atoms with E-state index in [1.54, 1.807) is 14.0 Å². The molecule has 0 aliphatic rings. The zero-order valence-electron chi connectivity index (χ0n) is 16.4. The van der Waals surface area contributed by atoms with Crippen molar-refractivity contribution in [3.63, 3.8) is 0 Å². The number of aromatic nitrogens is 1. The molecule has 0 unspecified atom stereocenters. The molecule has 0 spiro atoms. The van der Waals surface area contributed by atoms with E-state index in [1.807, 2.05) is 72.2 Å². The van der Waals surface area contributed by atoms with Crippen LogP contribution < -0.4 is 10.1 Å². The first kappa shape index (κ1) is 19.4. The lowest BCUT2D eigenvalue weighted by atomic mass is 10.1. The van der Waals surface area contributed by atoms with Crippen LogP contribution in [0.4, 0.5) is 0 Å². The number of ether oxygens (including phenoxy) is 1. The highest BCUT2D eigenvalue weighted by Gasteiger charge is 2.17. The molecule has 5 nitrogen and oxygen atoms in total. The minimum atomic E-state index is -0.109.